The average Bonchev–Trinajstić information content (AvgIpc) is 3.20. The smallest absolute Gasteiger partial charge is 0.248 e. The summed E-state index contributed by atoms with van der Waals surface area (Å²) in [6.07, 6.45) is 3.25. The third-order valence-corrected chi connectivity index (χ3v) is 5.58. The lowest BCUT2D eigenvalue weighted by Gasteiger charge is -2.19. The maximum atomic E-state index is 12.3. The molecule has 0 saturated carbocycles. The summed E-state index contributed by atoms with van der Waals surface area (Å²) in [5, 5.41) is 5.88. The predicted octanol–water partition coefficient (Wildman–Crippen LogP) is 5.05. The highest BCUT2D eigenvalue weighted by Crippen LogP contribution is 2.17. The maximum absolute atomic E-state index is 12.3. The molecule has 7 heteroatoms. The van der Waals surface area contributed by atoms with E-state index in [2.05, 4.69) is 10.3 Å². The molecule has 0 spiro atoms. The molecule has 0 saturated heterocycles. The molecular formula is C25H27N3O3S. The molecule has 2 amide bonds. The Morgan fingerprint density at radius 1 is 1.19 bits per heavy atom. The van der Waals surface area contributed by atoms with Gasteiger partial charge in [0.2, 0.25) is 11.8 Å². The van der Waals surface area contributed by atoms with E-state index in [1.54, 1.807) is 29.2 Å². The Labute approximate surface area is 192 Å². The fraction of sp³-hybridized carbons (Fsp3) is 0.240. The van der Waals surface area contributed by atoms with Crippen LogP contribution >= 0.6 is 11.3 Å². The number of carbonyl (C=O) groups is 2. The topological polar surface area (TPSA) is 71.5 Å². The molecule has 1 heterocycles. The van der Waals surface area contributed by atoms with Gasteiger partial charge in [0.25, 0.3) is 0 Å². The molecule has 0 bridgehead atoms. The van der Waals surface area contributed by atoms with Crippen LogP contribution in [0.25, 0.3) is 6.08 Å². The van der Waals surface area contributed by atoms with E-state index in [1.807, 2.05) is 67.8 Å². The first kappa shape index (κ1) is 23.2. The zero-order chi connectivity index (χ0) is 22.9. The van der Waals surface area contributed by atoms with Gasteiger partial charge < -0.3 is 15.0 Å². The van der Waals surface area contributed by atoms with Crippen molar-refractivity contribution in [1.82, 2.24) is 9.88 Å². The first-order valence-electron chi connectivity index (χ1n) is 10.4. The van der Waals surface area contributed by atoms with Gasteiger partial charge in [-0.25, -0.2) is 4.98 Å². The minimum atomic E-state index is -0.222. The van der Waals surface area contributed by atoms with E-state index < -0.39 is 0 Å². The van der Waals surface area contributed by atoms with Crippen LogP contribution in [-0.4, -0.2) is 28.2 Å². The van der Waals surface area contributed by atoms with Crippen molar-refractivity contribution in [3.05, 3.63) is 81.8 Å². The van der Waals surface area contributed by atoms with Crippen LogP contribution < -0.4 is 10.1 Å². The van der Waals surface area contributed by atoms with Crippen molar-refractivity contribution in [3.63, 3.8) is 0 Å². The number of thiazole rings is 1. The zero-order valence-corrected chi connectivity index (χ0v) is 19.3. The van der Waals surface area contributed by atoms with Gasteiger partial charge in [-0.3, -0.25) is 9.59 Å². The maximum Gasteiger partial charge on any atom is 0.248 e. The summed E-state index contributed by atoms with van der Waals surface area (Å²) in [6, 6.07) is 15.1. The molecule has 32 heavy (non-hydrogen) atoms. The van der Waals surface area contributed by atoms with Crippen molar-refractivity contribution in [2.24, 2.45) is 0 Å². The second-order valence-electron chi connectivity index (χ2n) is 7.27. The van der Waals surface area contributed by atoms with Gasteiger partial charge in [0.05, 0.1) is 10.7 Å². The SMILES string of the molecule is CCN(Cc1cccc(NC(=O)/C=C/c2ccc(OCc3csc(C)n3)cc2)c1)C(C)=O. The van der Waals surface area contributed by atoms with Gasteiger partial charge in [0.15, 0.2) is 0 Å². The van der Waals surface area contributed by atoms with Gasteiger partial charge >= 0.3 is 0 Å². The van der Waals surface area contributed by atoms with E-state index >= 15 is 0 Å². The molecule has 0 unspecified atom stereocenters. The number of nitrogens with zero attached hydrogens (tertiary/aromatic N) is 2. The van der Waals surface area contributed by atoms with Crippen LogP contribution in [0.5, 0.6) is 5.75 Å². The molecule has 1 N–H and O–H groups in total. The van der Waals surface area contributed by atoms with Gasteiger partial charge in [-0.15, -0.1) is 11.3 Å². The Bertz CT molecular complexity index is 1090. The third kappa shape index (κ3) is 7.06. The molecule has 6 nitrogen and oxygen atoms in total. The monoisotopic (exact) mass is 449 g/mol. The fourth-order valence-corrected chi connectivity index (χ4v) is 3.67. The van der Waals surface area contributed by atoms with Crippen molar-refractivity contribution in [2.45, 2.75) is 33.9 Å². The molecular weight excluding hydrogens is 422 g/mol. The molecule has 0 aliphatic rings. The molecule has 0 radical (unpaired) electrons. The molecule has 166 valence electrons. The average molecular weight is 450 g/mol. The number of benzene rings is 2. The van der Waals surface area contributed by atoms with Crippen LogP contribution in [0.2, 0.25) is 0 Å². The molecule has 0 atom stereocenters. The Hall–Kier alpha value is -3.45. The number of rotatable bonds is 9. The Morgan fingerprint density at radius 3 is 2.62 bits per heavy atom. The number of anilines is 1. The minimum Gasteiger partial charge on any atom is -0.487 e. The second kappa shape index (κ2) is 11.2. The van der Waals surface area contributed by atoms with Gasteiger partial charge in [0.1, 0.15) is 12.4 Å². The second-order valence-corrected chi connectivity index (χ2v) is 8.33. The van der Waals surface area contributed by atoms with Crippen molar-refractivity contribution in [2.75, 3.05) is 11.9 Å². The highest BCUT2D eigenvalue weighted by Gasteiger charge is 2.08. The lowest BCUT2D eigenvalue weighted by atomic mass is 10.1. The van der Waals surface area contributed by atoms with Crippen LogP contribution in [0, 0.1) is 6.92 Å². The molecule has 0 fully saturated rings. The van der Waals surface area contributed by atoms with Crippen molar-refractivity contribution < 1.29 is 14.3 Å². The number of hydrogen-bond acceptors (Lipinski definition) is 5. The largest absolute Gasteiger partial charge is 0.487 e. The van der Waals surface area contributed by atoms with Crippen LogP contribution in [0.15, 0.2) is 60.0 Å². The summed E-state index contributed by atoms with van der Waals surface area (Å²) < 4.78 is 5.74. The van der Waals surface area contributed by atoms with Crippen molar-refractivity contribution in [3.8, 4) is 5.75 Å². The van der Waals surface area contributed by atoms with E-state index in [1.165, 1.54) is 6.08 Å². The quantitative estimate of drug-likeness (QED) is 0.464. The zero-order valence-electron chi connectivity index (χ0n) is 18.5. The van der Waals surface area contributed by atoms with E-state index in [0.29, 0.717) is 25.4 Å². The molecule has 0 aliphatic carbocycles. The number of nitrogens with one attached hydrogen (secondary N) is 1. The third-order valence-electron chi connectivity index (χ3n) is 4.76. The van der Waals surface area contributed by atoms with E-state index in [-0.39, 0.29) is 11.8 Å². The van der Waals surface area contributed by atoms with Gasteiger partial charge in [0, 0.05) is 37.2 Å². The number of aryl methyl sites for hydroxylation is 1. The molecule has 0 aliphatic heterocycles. The van der Waals surface area contributed by atoms with Crippen molar-refractivity contribution >= 4 is 34.9 Å². The number of hydrogen-bond donors (Lipinski definition) is 1. The summed E-state index contributed by atoms with van der Waals surface area (Å²) in [7, 11) is 0. The lowest BCUT2D eigenvalue weighted by Crippen LogP contribution is -2.27. The molecule has 1 aromatic heterocycles. The molecule has 2 aromatic carbocycles. The molecule has 3 aromatic rings. The normalized spacial score (nSPS) is 10.8. The summed E-state index contributed by atoms with van der Waals surface area (Å²) in [5.41, 5.74) is 3.47. The van der Waals surface area contributed by atoms with E-state index in [9.17, 15) is 9.59 Å². The predicted molar refractivity (Wildman–Crippen MR) is 128 cm³/mol. The Morgan fingerprint density at radius 2 is 1.97 bits per heavy atom. The summed E-state index contributed by atoms with van der Waals surface area (Å²) in [6.45, 7) is 7.06. The number of amides is 2. The van der Waals surface area contributed by atoms with Crippen LogP contribution in [0.3, 0.4) is 0 Å². The highest BCUT2D eigenvalue weighted by atomic mass is 32.1. The fourth-order valence-electron chi connectivity index (χ4n) is 3.08. The first-order chi connectivity index (χ1) is 15.4. The van der Waals surface area contributed by atoms with Gasteiger partial charge in [-0.2, -0.15) is 0 Å². The number of carbonyl (C=O) groups excluding carboxylic acids is 2. The van der Waals surface area contributed by atoms with Crippen LogP contribution in [0.4, 0.5) is 5.69 Å². The first-order valence-corrected chi connectivity index (χ1v) is 11.3. The van der Waals surface area contributed by atoms with Crippen LogP contribution in [-0.2, 0) is 22.7 Å². The van der Waals surface area contributed by atoms with Gasteiger partial charge in [-0.05, 0) is 55.3 Å². The standard InChI is InChI=1S/C25H27N3O3S/c1-4-28(19(3)29)15-21-6-5-7-22(14-21)27-25(30)13-10-20-8-11-24(12-9-20)31-16-23-17-32-18(2)26-23/h5-14,17H,4,15-16H2,1-3H3,(H,27,30)/b13-10+. The number of ether oxygens (including phenoxy) is 1. The van der Waals surface area contributed by atoms with Crippen molar-refractivity contribution in [1.29, 1.82) is 0 Å². The number of aromatic nitrogens is 1. The Kier molecular flexibility index (Phi) is 8.16. The van der Waals surface area contributed by atoms with E-state index in [0.717, 1.165) is 27.6 Å². The molecule has 3 rings (SSSR count). The van der Waals surface area contributed by atoms with Crippen LogP contribution in [0.1, 0.15) is 35.7 Å². The van der Waals surface area contributed by atoms with Gasteiger partial charge in [-0.1, -0.05) is 24.3 Å². The summed E-state index contributed by atoms with van der Waals surface area (Å²) in [4.78, 5) is 30.1. The minimum absolute atomic E-state index is 0.0273. The Balaban J connectivity index is 1.52. The lowest BCUT2D eigenvalue weighted by molar-refractivity contribution is -0.129. The summed E-state index contributed by atoms with van der Waals surface area (Å²) >= 11 is 1.60. The summed E-state index contributed by atoms with van der Waals surface area (Å²) in [5.74, 6) is 0.556. The highest BCUT2D eigenvalue weighted by molar-refractivity contribution is 7.09. The van der Waals surface area contributed by atoms with E-state index in [4.69, 9.17) is 4.74 Å².